The first-order valence-electron chi connectivity index (χ1n) is 17.0. The Kier molecular flexibility index (Phi) is 14.2. The van der Waals surface area contributed by atoms with Crippen LogP contribution < -0.4 is 30.5 Å². The molecule has 3 aromatic rings. The maximum atomic E-state index is 17.3. The van der Waals surface area contributed by atoms with Crippen LogP contribution in [0.5, 0.6) is 11.5 Å². The van der Waals surface area contributed by atoms with Crippen molar-refractivity contribution in [3.8, 4) is 11.5 Å². The van der Waals surface area contributed by atoms with Gasteiger partial charge in [0.1, 0.15) is 35.8 Å². The first kappa shape index (κ1) is 42.6. The molecule has 0 spiro atoms. The number of nitrogens with one attached hydrogen (secondary N) is 3. The molecule has 2 aromatic carbocycles. The Balaban J connectivity index is 1.74. The van der Waals surface area contributed by atoms with E-state index in [4.69, 9.17) is 32.3 Å². The molecular formula is C34H45FN4O13P2. The minimum Gasteiger partial charge on any atom is -0.462 e. The number of aromatic amines is 1. The molecule has 0 saturated carbocycles. The largest absolute Gasteiger partial charge is 0.462 e. The molecule has 296 valence electrons. The van der Waals surface area contributed by atoms with Crippen LogP contribution in [0.4, 0.5) is 4.39 Å². The number of carbonyl (C=O) groups excluding carboxylic acids is 2. The summed E-state index contributed by atoms with van der Waals surface area (Å²) < 4.78 is 86.4. The quantitative estimate of drug-likeness (QED) is 0.117. The van der Waals surface area contributed by atoms with Crippen LogP contribution in [0.2, 0.25) is 0 Å². The molecule has 3 N–H and O–H groups in total. The number of rotatable bonds is 18. The van der Waals surface area contributed by atoms with Gasteiger partial charge >= 0.3 is 33.1 Å². The third kappa shape index (κ3) is 11.4. The normalized spacial score (nSPS) is 23.2. The highest BCUT2D eigenvalue weighted by Crippen LogP contribution is 2.54. The van der Waals surface area contributed by atoms with Gasteiger partial charge in [-0.2, -0.15) is 10.2 Å². The van der Waals surface area contributed by atoms with E-state index in [0.717, 1.165) is 23.8 Å². The zero-order valence-corrected chi connectivity index (χ0v) is 32.5. The topological polar surface area (TPSA) is 212 Å². The molecule has 0 aliphatic carbocycles. The summed E-state index contributed by atoms with van der Waals surface area (Å²) >= 11 is 0. The van der Waals surface area contributed by atoms with Crippen molar-refractivity contribution in [3.63, 3.8) is 0 Å². The molecular weight excluding hydrogens is 753 g/mol. The highest BCUT2D eigenvalue weighted by Gasteiger charge is 2.60. The Hall–Kier alpha value is -4.15. The van der Waals surface area contributed by atoms with Crippen molar-refractivity contribution in [2.24, 2.45) is 0 Å². The molecule has 1 fully saturated rings. The van der Waals surface area contributed by atoms with Crippen LogP contribution >= 0.6 is 15.5 Å². The average molecular weight is 799 g/mol. The number of benzene rings is 2. The minimum absolute atomic E-state index is 0.00525. The van der Waals surface area contributed by atoms with Crippen molar-refractivity contribution >= 4 is 27.4 Å². The highest BCUT2D eigenvalue weighted by molar-refractivity contribution is 7.52. The lowest BCUT2D eigenvalue weighted by molar-refractivity contribution is -0.150. The first-order valence-corrected chi connectivity index (χ1v) is 20.0. The van der Waals surface area contributed by atoms with E-state index in [1.165, 1.54) is 38.1 Å². The van der Waals surface area contributed by atoms with Gasteiger partial charge in [-0.1, -0.05) is 36.4 Å². The van der Waals surface area contributed by atoms with Gasteiger partial charge in [0.2, 0.25) is 0 Å². The van der Waals surface area contributed by atoms with Crippen LogP contribution in [0.3, 0.4) is 0 Å². The molecule has 17 nitrogen and oxygen atoms in total. The van der Waals surface area contributed by atoms with E-state index in [9.17, 15) is 28.3 Å². The van der Waals surface area contributed by atoms with Crippen molar-refractivity contribution in [1.29, 1.82) is 0 Å². The maximum Gasteiger partial charge on any atom is 0.459 e. The van der Waals surface area contributed by atoms with Crippen LogP contribution in [0.15, 0.2) is 82.5 Å². The zero-order valence-electron chi connectivity index (χ0n) is 30.7. The molecule has 1 saturated heterocycles. The molecule has 0 amide bonds. The number of halogens is 1. The van der Waals surface area contributed by atoms with Crippen molar-refractivity contribution in [1.82, 2.24) is 19.7 Å². The highest BCUT2D eigenvalue weighted by atomic mass is 31.2. The van der Waals surface area contributed by atoms with Crippen LogP contribution in [-0.2, 0) is 42.0 Å². The van der Waals surface area contributed by atoms with Gasteiger partial charge in [0.15, 0.2) is 11.9 Å². The van der Waals surface area contributed by atoms with Gasteiger partial charge in [0.05, 0.1) is 18.8 Å². The number of aromatic nitrogens is 2. The lowest BCUT2D eigenvalue weighted by atomic mass is 9.98. The average Bonchev–Trinajstić information content (AvgIpc) is 3.32. The smallest absolute Gasteiger partial charge is 0.459 e. The van der Waals surface area contributed by atoms with Crippen molar-refractivity contribution in [2.45, 2.75) is 96.9 Å². The summed E-state index contributed by atoms with van der Waals surface area (Å²) in [7, 11) is -9.40. The van der Waals surface area contributed by atoms with Crippen molar-refractivity contribution in [2.75, 3.05) is 6.61 Å². The van der Waals surface area contributed by atoms with Crippen molar-refractivity contribution < 1.29 is 55.4 Å². The molecule has 8 atom stereocenters. The van der Waals surface area contributed by atoms with Gasteiger partial charge in [-0.05, 0) is 72.7 Å². The van der Waals surface area contributed by atoms with Gasteiger partial charge in [0.25, 0.3) is 5.56 Å². The predicted molar refractivity (Wildman–Crippen MR) is 193 cm³/mol. The monoisotopic (exact) mass is 798 g/mol. The van der Waals surface area contributed by atoms with E-state index in [1.807, 2.05) is 4.98 Å². The molecule has 0 bridgehead atoms. The molecule has 0 radical (unpaired) electrons. The van der Waals surface area contributed by atoms with Gasteiger partial charge < -0.3 is 23.3 Å². The van der Waals surface area contributed by atoms with E-state index in [-0.39, 0.29) is 11.5 Å². The summed E-state index contributed by atoms with van der Waals surface area (Å²) in [4.78, 5) is 52.2. The fourth-order valence-electron chi connectivity index (χ4n) is 5.10. The fourth-order valence-corrected chi connectivity index (χ4v) is 8.38. The number of nitrogens with zero attached hydrogens (tertiary/aromatic N) is 1. The van der Waals surface area contributed by atoms with Gasteiger partial charge in [0, 0.05) is 12.3 Å². The van der Waals surface area contributed by atoms with E-state index in [1.54, 1.807) is 64.1 Å². The Morgan fingerprint density at radius 1 is 0.833 bits per heavy atom. The second kappa shape index (κ2) is 18.0. The lowest BCUT2D eigenvalue weighted by Gasteiger charge is -2.32. The van der Waals surface area contributed by atoms with E-state index in [2.05, 4.69) is 10.2 Å². The summed E-state index contributed by atoms with van der Waals surface area (Å²) in [5.41, 5.74) is -4.62. The zero-order chi connectivity index (χ0) is 39.8. The minimum atomic E-state index is -4.82. The molecule has 20 heteroatoms. The van der Waals surface area contributed by atoms with Crippen LogP contribution in [0, 0.1) is 0 Å². The van der Waals surface area contributed by atoms with Gasteiger partial charge in [-0.25, -0.2) is 18.3 Å². The number of hydrogen-bond acceptors (Lipinski definition) is 13. The Morgan fingerprint density at radius 3 is 1.80 bits per heavy atom. The molecule has 0 unspecified atom stereocenters. The van der Waals surface area contributed by atoms with E-state index < -0.39 is 93.7 Å². The number of ether oxygens (including phenoxy) is 3. The third-order valence-corrected chi connectivity index (χ3v) is 10.8. The molecule has 4 rings (SSSR count). The second-order valence-electron chi connectivity index (χ2n) is 13.0. The first-order chi connectivity index (χ1) is 25.3. The van der Waals surface area contributed by atoms with Crippen LogP contribution in [-0.4, -0.2) is 70.3 Å². The number of carbonyl (C=O) groups is 2. The fraction of sp³-hybridized carbons (Fsp3) is 0.471. The molecule has 1 aliphatic rings. The lowest BCUT2D eigenvalue weighted by Crippen LogP contribution is -2.46. The van der Waals surface area contributed by atoms with Crippen molar-refractivity contribution in [3.05, 3.63) is 93.8 Å². The Morgan fingerprint density at radius 2 is 1.31 bits per heavy atom. The number of alkyl halides is 1. The van der Waals surface area contributed by atoms with Gasteiger partial charge in [-0.3, -0.25) is 33.0 Å². The number of H-pyrrole nitrogens is 1. The summed E-state index contributed by atoms with van der Waals surface area (Å²) in [6.45, 7) is 9.30. The summed E-state index contributed by atoms with van der Waals surface area (Å²) in [6, 6.07) is 13.9. The molecule has 1 aliphatic heterocycles. The van der Waals surface area contributed by atoms with E-state index in [0.29, 0.717) is 0 Å². The van der Waals surface area contributed by atoms with E-state index >= 15 is 4.39 Å². The van der Waals surface area contributed by atoms with Crippen LogP contribution in [0.25, 0.3) is 0 Å². The Bertz CT molecular complexity index is 1940. The third-order valence-electron chi connectivity index (χ3n) is 7.50. The number of esters is 2. The second-order valence-corrected chi connectivity index (χ2v) is 16.3. The SMILES string of the molecule is CC(C)OC(=O)[C@H](C)N[P@](=O)(OC[C@H]1O[C@@H](n2ccc(=O)[nH]c2=O)[C@](C)(F)[C@@H]1O[P@](=O)(N[C@H](C)C(=O)OC(C)C)Oc1ccccc1)Oc1ccccc1. The molecule has 2 heterocycles. The predicted octanol–water partition coefficient (Wildman–Crippen LogP) is 4.80. The van der Waals surface area contributed by atoms with Gasteiger partial charge in [-0.15, -0.1) is 0 Å². The molecule has 1 aromatic heterocycles. The summed E-state index contributed by atoms with van der Waals surface area (Å²) in [6.07, 6.45) is -5.57. The van der Waals surface area contributed by atoms with Crippen LogP contribution in [0.1, 0.15) is 54.7 Å². The Labute approximate surface area is 311 Å². The maximum absolute atomic E-state index is 17.3. The number of hydrogen-bond donors (Lipinski definition) is 3. The number of para-hydroxylation sites is 2. The molecule has 54 heavy (non-hydrogen) atoms. The summed E-state index contributed by atoms with van der Waals surface area (Å²) in [5, 5.41) is 4.99. The standard InChI is InChI=1S/C34H45FN4O13P2/c1-21(2)47-30(41)23(5)37-53(44,50-25-14-10-8-11-15-25)46-20-27-29(34(7,35)32(49-27)39-19-18-28(40)36-33(39)43)52-54(45,51-26-16-12-9-13-17-26)38-24(6)31(42)48-22(3)4/h8-19,21-24,27,29,32H,20H2,1-7H3,(H,37,44)(H,38,45)(H,36,40,43)/t23-,24+,27+,29+,32+,34+,53-,54-/m0/s1. The summed E-state index contributed by atoms with van der Waals surface area (Å²) in [5.74, 6) is -1.54.